The Bertz CT molecular complexity index is 606. The Labute approximate surface area is 124 Å². The monoisotopic (exact) mass is 285 g/mol. The molecule has 5 nitrogen and oxygen atoms in total. The maximum absolute atomic E-state index is 11.9. The molecular formula is C16H19N3O2. The molecule has 0 amide bonds. The zero-order valence-corrected chi connectivity index (χ0v) is 12.3. The van der Waals surface area contributed by atoms with Gasteiger partial charge in [0, 0.05) is 12.2 Å². The molecule has 0 bridgehead atoms. The van der Waals surface area contributed by atoms with E-state index in [9.17, 15) is 10.1 Å². The fraction of sp³-hybridized carbons (Fsp3) is 0.562. The first kappa shape index (κ1) is 13.9. The van der Waals surface area contributed by atoms with E-state index in [4.69, 9.17) is 9.72 Å². The minimum atomic E-state index is -0.309. The molecule has 1 aliphatic heterocycles. The van der Waals surface area contributed by atoms with Gasteiger partial charge < -0.3 is 9.64 Å². The fourth-order valence-corrected chi connectivity index (χ4v) is 3.33. The second-order valence-electron chi connectivity index (χ2n) is 5.66. The quantitative estimate of drug-likeness (QED) is 0.777. The van der Waals surface area contributed by atoms with Gasteiger partial charge in [0.05, 0.1) is 12.7 Å². The van der Waals surface area contributed by atoms with Gasteiger partial charge in [-0.05, 0) is 50.2 Å². The van der Waals surface area contributed by atoms with E-state index in [1.54, 1.807) is 0 Å². The van der Waals surface area contributed by atoms with Crippen molar-refractivity contribution in [2.24, 2.45) is 0 Å². The largest absolute Gasteiger partial charge is 0.467 e. The van der Waals surface area contributed by atoms with Crippen LogP contribution in [-0.2, 0) is 22.4 Å². The van der Waals surface area contributed by atoms with Gasteiger partial charge in [0.1, 0.15) is 17.9 Å². The third kappa shape index (κ3) is 2.46. The summed E-state index contributed by atoms with van der Waals surface area (Å²) in [7, 11) is 1.41. The summed E-state index contributed by atoms with van der Waals surface area (Å²) in [4.78, 5) is 18.6. The number of methoxy groups -OCH3 is 1. The normalized spacial score (nSPS) is 20.8. The number of hydrogen-bond donors (Lipinski definition) is 0. The van der Waals surface area contributed by atoms with Crippen molar-refractivity contribution in [2.75, 3.05) is 18.6 Å². The summed E-state index contributed by atoms with van der Waals surface area (Å²) in [6.07, 6.45) is 5.95. The molecule has 0 spiro atoms. The molecule has 110 valence electrons. The average Bonchev–Trinajstić information content (AvgIpc) is 3.02. The van der Waals surface area contributed by atoms with Gasteiger partial charge in [-0.1, -0.05) is 0 Å². The van der Waals surface area contributed by atoms with Gasteiger partial charge in [-0.25, -0.2) is 9.78 Å². The number of rotatable bonds is 2. The topological polar surface area (TPSA) is 66.2 Å². The van der Waals surface area contributed by atoms with Crippen molar-refractivity contribution in [2.45, 2.75) is 44.6 Å². The second-order valence-corrected chi connectivity index (χ2v) is 5.66. The Morgan fingerprint density at radius 3 is 3.00 bits per heavy atom. The maximum Gasteiger partial charge on any atom is 0.328 e. The number of pyridine rings is 1. The van der Waals surface area contributed by atoms with Crippen LogP contribution in [0.1, 0.15) is 42.5 Å². The molecule has 0 aromatic carbocycles. The van der Waals surface area contributed by atoms with Gasteiger partial charge in [-0.15, -0.1) is 0 Å². The predicted octanol–water partition coefficient (Wildman–Crippen LogP) is 1.97. The van der Waals surface area contributed by atoms with Gasteiger partial charge in [-0.3, -0.25) is 0 Å². The number of nitrogens with zero attached hydrogens (tertiary/aromatic N) is 3. The van der Waals surface area contributed by atoms with Gasteiger partial charge in [0.25, 0.3) is 0 Å². The molecule has 1 aliphatic carbocycles. The minimum absolute atomic E-state index is 0.240. The van der Waals surface area contributed by atoms with Gasteiger partial charge in [0.2, 0.25) is 0 Å². The number of ether oxygens (including phenoxy) is 1. The SMILES string of the molecule is COC(=O)C1CCCN1c1nc2c(cc1C#N)CCCC2. The average molecular weight is 285 g/mol. The number of carbonyl (C=O) groups is 1. The molecule has 1 saturated heterocycles. The molecule has 1 atom stereocenters. The van der Waals surface area contributed by atoms with Crippen molar-refractivity contribution >= 4 is 11.8 Å². The first-order valence-corrected chi connectivity index (χ1v) is 7.52. The van der Waals surface area contributed by atoms with Crippen molar-refractivity contribution in [3.63, 3.8) is 0 Å². The third-order valence-electron chi connectivity index (χ3n) is 4.40. The zero-order chi connectivity index (χ0) is 14.8. The van der Waals surface area contributed by atoms with Crippen LogP contribution < -0.4 is 4.90 Å². The second kappa shape index (κ2) is 5.72. The molecule has 5 heteroatoms. The Balaban J connectivity index is 2.01. The lowest BCUT2D eigenvalue weighted by Gasteiger charge is -2.26. The number of anilines is 1. The van der Waals surface area contributed by atoms with Gasteiger partial charge >= 0.3 is 5.97 Å². The third-order valence-corrected chi connectivity index (χ3v) is 4.40. The van der Waals surface area contributed by atoms with Crippen molar-refractivity contribution in [3.05, 3.63) is 22.9 Å². The number of nitriles is 1. The smallest absolute Gasteiger partial charge is 0.328 e. The number of aromatic nitrogens is 1. The Morgan fingerprint density at radius 1 is 1.43 bits per heavy atom. The Kier molecular flexibility index (Phi) is 3.78. The van der Waals surface area contributed by atoms with Crippen molar-refractivity contribution in [1.29, 1.82) is 5.26 Å². The summed E-state index contributed by atoms with van der Waals surface area (Å²) in [5.74, 6) is 0.418. The molecular weight excluding hydrogens is 266 g/mol. The van der Waals surface area contributed by atoms with Crippen molar-refractivity contribution in [1.82, 2.24) is 4.98 Å². The summed E-state index contributed by atoms with van der Waals surface area (Å²) in [5.41, 5.74) is 2.85. The summed E-state index contributed by atoms with van der Waals surface area (Å²) in [5, 5.41) is 9.43. The highest BCUT2D eigenvalue weighted by molar-refractivity contribution is 5.81. The maximum atomic E-state index is 11.9. The van der Waals surface area contributed by atoms with E-state index in [1.165, 1.54) is 12.7 Å². The predicted molar refractivity (Wildman–Crippen MR) is 78.0 cm³/mol. The molecule has 1 aromatic heterocycles. The van der Waals surface area contributed by atoms with Crippen LogP contribution in [0.25, 0.3) is 0 Å². The van der Waals surface area contributed by atoms with Crippen LogP contribution in [0, 0.1) is 11.3 Å². The highest BCUT2D eigenvalue weighted by atomic mass is 16.5. The highest BCUT2D eigenvalue weighted by Crippen LogP contribution is 2.31. The summed E-state index contributed by atoms with van der Waals surface area (Å²) < 4.78 is 4.88. The minimum Gasteiger partial charge on any atom is -0.467 e. The van der Waals surface area contributed by atoms with E-state index in [-0.39, 0.29) is 12.0 Å². The summed E-state index contributed by atoms with van der Waals surface area (Å²) >= 11 is 0. The standard InChI is InChI=1S/C16H19N3O2/c1-21-16(20)14-7-4-8-19(14)15-12(10-17)9-11-5-2-3-6-13(11)18-15/h9,14H,2-8H2,1H3. The van der Waals surface area contributed by atoms with E-state index >= 15 is 0 Å². The van der Waals surface area contributed by atoms with E-state index in [0.29, 0.717) is 11.4 Å². The fourth-order valence-electron chi connectivity index (χ4n) is 3.33. The first-order valence-electron chi connectivity index (χ1n) is 7.52. The molecule has 2 aliphatic rings. The first-order chi connectivity index (χ1) is 10.2. The number of fused-ring (bicyclic) bond motifs is 1. The molecule has 1 unspecified atom stereocenters. The van der Waals surface area contributed by atoms with Crippen molar-refractivity contribution in [3.8, 4) is 6.07 Å². The van der Waals surface area contributed by atoms with E-state index < -0.39 is 0 Å². The van der Waals surface area contributed by atoms with Crippen LogP contribution in [-0.4, -0.2) is 30.6 Å². The van der Waals surface area contributed by atoms with Crippen LogP contribution in [0.4, 0.5) is 5.82 Å². The number of esters is 1. The van der Waals surface area contributed by atoms with Crippen LogP contribution in [0.2, 0.25) is 0 Å². The van der Waals surface area contributed by atoms with Gasteiger partial charge in [0.15, 0.2) is 0 Å². The van der Waals surface area contributed by atoms with Gasteiger partial charge in [-0.2, -0.15) is 5.26 Å². The van der Waals surface area contributed by atoms with Crippen LogP contribution >= 0.6 is 0 Å². The van der Waals surface area contributed by atoms with Crippen LogP contribution in [0.3, 0.4) is 0 Å². The lowest BCUT2D eigenvalue weighted by molar-refractivity contribution is -0.141. The highest BCUT2D eigenvalue weighted by Gasteiger charge is 2.34. The molecule has 0 saturated carbocycles. The molecule has 0 N–H and O–H groups in total. The number of hydrogen-bond acceptors (Lipinski definition) is 5. The Morgan fingerprint density at radius 2 is 2.24 bits per heavy atom. The molecule has 0 radical (unpaired) electrons. The number of aryl methyl sites for hydroxylation is 2. The summed E-state index contributed by atoms with van der Waals surface area (Å²) in [6.45, 7) is 0.750. The van der Waals surface area contributed by atoms with E-state index in [0.717, 1.165) is 50.8 Å². The van der Waals surface area contributed by atoms with E-state index in [1.807, 2.05) is 11.0 Å². The number of carbonyl (C=O) groups excluding carboxylic acids is 1. The lowest BCUT2D eigenvalue weighted by Crippen LogP contribution is -2.38. The lowest BCUT2D eigenvalue weighted by atomic mass is 9.95. The molecule has 1 fully saturated rings. The summed E-state index contributed by atoms with van der Waals surface area (Å²) in [6, 6.07) is 3.90. The van der Waals surface area contributed by atoms with E-state index in [2.05, 4.69) is 6.07 Å². The molecule has 3 rings (SSSR count). The van der Waals surface area contributed by atoms with Crippen molar-refractivity contribution < 1.29 is 9.53 Å². The Hall–Kier alpha value is -2.09. The zero-order valence-electron chi connectivity index (χ0n) is 12.3. The molecule has 21 heavy (non-hydrogen) atoms. The molecule has 2 heterocycles. The molecule has 1 aromatic rings. The van der Waals surface area contributed by atoms with Crippen LogP contribution in [0.5, 0.6) is 0 Å². The van der Waals surface area contributed by atoms with Crippen LogP contribution in [0.15, 0.2) is 6.07 Å².